The molecule has 0 aromatic carbocycles. The van der Waals surface area contributed by atoms with Crippen molar-refractivity contribution in [2.45, 2.75) is 25.7 Å². The molecule has 2 heterocycles. The molecule has 1 fully saturated rings. The molecule has 1 aromatic heterocycles. The molecule has 0 bridgehead atoms. The predicted octanol–water partition coefficient (Wildman–Crippen LogP) is 0.0781. The van der Waals surface area contributed by atoms with Crippen molar-refractivity contribution < 1.29 is 18.0 Å². The summed E-state index contributed by atoms with van der Waals surface area (Å²) in [6.07, 6.45) is 3.22. The molecule has 1 amide bonds. The first kappa shape index (κ1) is 14.7. The third-order valence-corrected chi connectivity index (χ3v) is 4.56. The molecule has 8 heteroatoms. The van der Waals surface area contributed by atoms with E-state index in [9.17, 15) is 18.0 Å². The molecule has 110 valence electrons. The molecule has 2 rings (SSSR count). The highest BCUT2D eigenvalue weighted by Gasteiger charge is 2.26. The topological polar surface area (TPSA) is 102 Å². The van der Waals surface area contributed by atoms with Crippen molar-refractivity contribution in [3.05, 3.63) is 23.5 Å². The zero-order valence-corrected chi connectivity index (χ0v) is 12.0. The second kappa shape index (κ2) is 5.37. The van der Waals surface area contributed by atoms with Crippen molar-refractivity contribution in [3.63, 3.8) is 0 Å². The highest BCUT2D eigenvalue weighted by atomic mass is 32.2. The van der Waals surface area contributed by atoms with Crippen molar-refractivity contribution in [3.8, 4) is 0 Å². The van der Waals surface area contributed by atoms with Crippen LogP contribution in [0.4, 0.5) is 0 Å². The van der Waals surface area contributed by atoms with Crippen LogP contribution in [0.25, 0.3) is 0 Å². The third-order valence-electron chi connectivity index (χ3n) is 3.69. The van der Waals surface area contributed by atoms with Gasteiger partial charge in [0, 0.05) is 26.2 Å². The van der Waals surface area contributed by atoms with Crippen LogP contribution in [0.2, 0.25) is 0 Å². The summed E-state index contributed by atoms with van der Waals surface area (Å²) < 4.78 is 23.6. The maximum Gasteiger partial charge on any atom is 0.302 e. The van der Waals surface area contributed by atoms with Gasteiger partial charge in [-0.2, -0.15) is 8.42 Å². The first-order chi connectivity index (χ1) is 9.34. The number of amides is 1. The highest BCUT2D eigenvalue weighted by molar-refractivity contribution is 7.87. The summed E-state index contributed by atoms with van der Waals surface area (Å²) in [6, 6.07) is 1.61. The van der Waals surface area contributed by atoms with E-state index in [0.29, 0.717) is 37.8 Å². The fourth-order valence-corrected chi connectivity index (χ4v) is 3.29. The van der Waals surface area contributed by atoms with Crippen LogP contribution in [0.5, 0.6) is 0 Å². The van der Waals surface area contributed by atoms with Crippen molar-refractivity contribution in [1.29, 1.82) is 0 Å². The highest BCUT2D eigenvalue weighted by Crippen LogP contribution is 2.30. The number of nitrogens with two attached hydrogens (primary N) is 1. The van der Waals surface area contributed by atoms with E-state index in [1.165, 1.54) is 13.1 Å². The quantitative estimate of drug-likeness (QED) is 0.798. The van der Waals surface area contributed by atoms with Crippen molar-refractivity contribution in [2.24, 2.45) is 5.14 Å². The largest absolute Gasteiger partial charge is 0.343 e. The standard InChI is InChI=1S/C12H17N3O4S/c1-9(17)14-5-2-10(3-6-14)11-4-7-15(12(11)8-16)20(13,18)19/h4,7-8,10H,2-3,5-6H2,1H3,(H2,13,18,19). The van der Waals surface area contributed by atoms with Gasteiger partial charge in [0.2, 0.25) is 5.91 Å². The molecule has 1 saturated heterocycles. The molecule has 1 aliphatic rings. The number of hydrogen-bond acceptors (Lipinski definition) is 4. The van der Waals surface area contributed by atoms with Crippen LogP contribution in [-0.2, 0) is 15.0 Å². The van der Waals surface area contributed by atoms with Gasteiger partial charge in [0.05, 0.1) is 0 Å². The van der Waals surface area contributed by atoms with E-state index in [1.54, 1.807) is 11.0 Å². The average Bonchev–Trinajstić information content (AvgIpc) is 2.82. The lowest BCUT2D eigenvalue weighted by molar-refractivity contribution is -0.129. The van der Waals surface area contributed by atoms with Crippen molar-refractivity contribution >= 4 is 22.4 Å². The minimum atomic E-state index is -3.97. The van der Waals surface area contributed by atoms with Gasteiger partial charge < -0.3 is 4.90 Å². The zero-order valence-electron chi connectivity index (χ0n) is 11.2. The maximum atomic E-state index is 11.4. The summed E-state index contributed by atoms with van der Waals surface area (Å²) in [7, 11) is -3.97. The van der Waals surface area contributed by atoms with Gasteiger partial charge in [-0.25, -0.2) is 9.11 Å². The van der Waals surface area contributed by atoms with E-state index in [0.717, 1.165) is 3.97 Å². The Morgan fingerprint density at radius 2 is 2.00 bits per heavy atom. The summed E-state index contributed by atoms with van der Waals surface area (Å²) in [5.74, 6) is 0.0926. The van der Waals surface area contributed by atoms with Gasteiger partial charge in [0.25, 0.3) is 0 Å². The lowest BCUT2D eigenvalue weighted by atomic mass is 9.89. The minimum absolute atomic E-state index is 0.0289. The van der Waals surface area contributed by atoms with Crippen LogP contribution >= 0.6 is 0 Å². The molecule has 0 spiro atoms. The smallest absolute Gasteiger partial charge is 0.302 e. The third kappa shape index (κ3) is 2.75. The first-order valence-corrected chi connectivity index (χ1v) is 7.80. The Bertz CT molecular complexity index is 627. The number of aldehydes is 1. The summed E-state index contributed by atoms with van der Waals surface area (Å²) in [6.45, 7) is 2.74. The van der Waals surface area contributed by atoms with E-state index in [1.807, 2.05) is 0 Å². The Balaban J connectivity index is 2.25. The molecule has 0 saturated carbocycles. The Morgan fingerprint density at radius 3 is 2.45 bits per heavy atom. The van der Waals surface area contributed by atoms with Gasteiger partial charge in [-0.3, -0.25) is 9.59 Å². The summed E-state index contributed by atoms with van der Waals surface area (Å²) >= 11 is 0. The van der Waals surface area contributed by atoms with Gasteiger partial charge in [0.1, 0.15) is 5.69 Å². The molecule has 0 radical (unpaired) electrons. The number of likely N-dealkylation sites (tertiary alicyclic amines) is 1. The monoisotopic (exact) mass is 299 g/mol. The second-order valence-electron chi connectivity index (χ2n) is 4.90. The van der Waals surface area contributed by atoms with E-state index in [-0.39, 0.29) is 17.5 Å². The zero-order chi connectivity index (χ0) is 14.9. The molecule has 2 N–H and O–H groups in total. The number of piperidine rings is 1. The fourth-order valence-electron chi connectivity index (χ4n) is 2.63. The molecular weight excluding hydrogens is 282 g/mol. The first-order valence-electron chi connectivity index (χ1n) is 6.30. The van der Waals surface area contributed by atoms with Crippen LogP contribution in [0.1, 0.15) is 41.7 Å². The second-order valence-corrected chi connectivity index (χ2v) is 6.32. The van der Waals surface area contributed by atoms with E-state index >= 15 is 0 Å². The number of aromatic nitrogens is 1. The lowest BCUT2D eigenvalue weighted by Crippen LogP contribution is -2.36. The predicted molar refractivity (Wildman–Crippen MR) is 72.6 cm³/mol. The molecule has 1 aliphatic heterocycles. The maximum absolute atomic E-state index is 11.4. The molecule has 0 atom stereocenters. The van der Waals surface area contributed by atoms with Gasteiger partial charge in [-0.05, 0) is 30.4 Å². The number of rotatable bonds is 3. The molecular formula is C12H17N3O4S. The Kier molecular flexibility index (Phi) is 3.96. The fraction of sp³-hybridized carbons (Fsp3) is 0.500. The van der Waals surface area contributed by atoms with Crippen LogP contribution in [0.3, 0.4) is 0 Å². The number of carbonyl (C=O) groups is 2. The summed E-state index contributed by atoms with van der Waals surface area (Å²) in [5.41, 5.74) is 0.756. The lowest BCUT2D eigenvalue weighted by Gasteiger charge is -2.31. The average molecular weight is 299 g/mol. The van der Waals surface area contributed by atoms with Crippen LogP contribution in [0.15, 0.2) is 12.3 Å². The van der Waals surface area contributed by atoms with E-state index in [4.69, 9.17) is 5.14 Å². The number of hydrogen-bond donors (Lipinski definition) is 1. The Morgan fingerprint density at radius 1 is 1.40 bits per heavy atom. The van der Waals surface area contributed by atoms with Crippen LogP contribution in [0, 0.1) is 0 Å². The van der Waals surface area contributed by atoms with E-state index in [2.05, 4.69) is 0 Å². The Labute approximate surface area is 117 Å². The van der Waals surface area contributed by atoms with Crippen molar-refractivity contribution in [2.75, 3.05) is 13.1 Å². The summed E-state index contributed by atoms with van der Waals surface area (Å²) in [5, 5.41) is 5.06. The van der Waals surface area contributed by atoms with E-state index < -0.39 is 10.2 Å². The van der Waals surface area contributed by atoms with Crippen LogP contribution < -0.4 is 5.14 Å². The molecule has 0 unspecified atom stereocenters. The van der Waals surface area contributed by atoms with Crippen LogP contribution in [-0.4, -0.2) is 42.6 Å². The van der Waals surface area contributed by atoms with Crippen molar-refractivity contribution in [1.82, 2.24) is 8.87 Å². The minimum Gasteiger partial charge on any atom is -0.343 e. The molecule has 20 heavy (non-hydrogen) atoms. The Hall–Kier alpha value is -1.67. The van der Waals surface area contributed by atoms with Gasteiger partial charge >= 0.3 is 10.2 Å². The van der Waals surface area contributed by atoms with Gasteiger partial charge in [-0.1, -0.05) is 0 Å². The summed E-state index contributed by atoms with van der Waals surface area (Å²) in [4.78, 5) is 24.2. The number of carbonyl (C=O) groups excluding carboxylic acids is 2. The van der Waals surface area contributed by atoms with Gasteiger partial charge in [0.15, 0.2) is 6.29 Å². The molecule has 0 aliphatic carbocycles. The molecule has 1 aromatic rings. The van der Waals surface area contributed by atoms with Gasteiger partial charge in [-0.15, -0.1) is 0 Å². The normalized spacial score (nSPS) is 17.2. The molecule has 7 nitrogen and oxygen atoms in total. The number of nitrogens with zero attached hydrogens (tertiary/aromatic N) is 2. The SMILES string of the molecule is CC(=O)N1CCC(c2ccn(S(N)(=O)=O)c2C=O)CC1.